The summed E-state index contributed by atoms with van der Waals surface area (Å²) >= 11 is 1.34. The lowest BCUT2D eigenvalue weighted by Crippen LogP contribution is -2.30. The molecule has 2 aromatic heterocycles. The molecule has 0 fully saturated rings. The summed E-state index contributed by atoms with van der Waals surface area (Å²) in [6, 6.07) is 12.4. The van der Waals surface area contributed by atoms with Gasteiger partial charge in [-0.2, -0.15) is 5.26 Å². The molecule has 7 heteroatoms. The molecule has 0 saturated carbocycles. The Morgan fingerprint density at radius 3 is 2.80 bits per heavy atom. The zero-order valence-electron chi connectivity index (χ0n) is 13.3. The van der Waals surface area contributed by atoms with Crippen LogP contribution in [0.2, 0.25) is 0 Å². The van der Waals surface area contributed by atoms with Crippen LogP contribution in [-0.4, -0.2) is 22.0 Å². The number of hydrogen-bond acceptors (Lipinski definition) is 6. The zero-order chi connectivity index (χ0) is 17.6. The third kappa shape index (κ3) is 4.19. The molecule has 6 nitrogen and oxygen atoms in total. The number of aromatic nitrogens is 2. The number of ether oxygens (including phenoxy) is 1. The predicted molar refractivity (Wildman–Crippen MR) is 95.2 cm³/mol. The maximum absolute atomic E-state index is 12.3. The number of hydrogen-bond donors (Lipinski definition) is 1. The summed E-state index contributed by atoms with van der Waals surface area (Å²) in [5, 5.41) is 13.9. The second kappa shape index (κ2) is 7.55. The standard InChI is InChI=1S/C18H14N4O2S/c1-12(24-15-6-4-13(9-19)5-7-15)17(23)22-18-21-16(11-25-18)14-3-2-8-20-10-14/h2-8,10-12H,1H3,(H,21,22,23). The smallest absolute Gasteiger partial charge is 0.266 e. The molecule has 3 rings (SSSR count). The van der Waals surface area contributed by atoms with Gasteiger partial charge in [-0.15, -0.1) is 11.3 Å². The molecule has 0 radical (unpaired) electrons. The van der Waals surface area contributed by atoms with Gasteiger partial charge in [0, 0.05) is 23.3 Å². The number of carbonyl (C=O) groups excluding carboxylic acids is 1. The molecular weight excluding hydrogens is 336 g/mol. The number of nitrogens with zero attached hydrogens (tertiary/aromatic N) is 3. The fourth-order valence-electron chi connectivity index (χ4n) is 2.05. The summed E-state index contributed by atoms with van der Waals surface area (Å²) in [5.41, 5.74) is 2.19. The van der Waals surface area contributed by atoms with E-state index in [0.29, 0.717) is 16.4 Å². The maximum Gasteiger partial charge on any atom is 0.266 e. The van der Waals surface area contributed by atoms with Gasteiger partial charge in [0.05, 0.1) is 17.3 Å². The first-order valence-corrected chi connectivity index (χ1v) is 8.37. The second-order valence-corrected chi connectivity index (χ2v) is 6.02. The highest BCUT2D eigenvalue weighted by Crippen LogP contribution is 2.24. The Kier molecular flexibility index (Phi) is 5.02. The van der Waals surface area contributed by atoms with Crippen molar-refractivity contribution in [1.82, 2.24) is 9.97 Å². The molecule has 1 aromatic carbocycles. The van der Waals surface area contributed by atoms with Gasteiger partial charge in [-0.25, -0.2) is 4.98 Å². The number of benzene rings is 1. The summed E-state index contributed by atoms with van der Waals surface area (Å²) in [6.07, 6.45) is 2.72. The van der Waals surface area contributed by atoms with Crippen molar-refractivity contribution in [3.05, 3.63) is 59.7 Å². The molecule has 0 aliphatic carbocycles. The number of thiazole rings is 1. The van der Waals surface area contributed by atoms with Crippen LogP contribution in [0, 0.1) is 11.3 Å². The number of anilines is 1. The number of nitrogens with one attached hydrogen (secondary N) is 1. The number of carbonyl (C=O) groups is 1. The SMILES string of the molecule is CC(Oc1ccc(C#N)cc1)C(=O)Nc1nc(-c2cccnc2)cs1. The molecule has 3 aromatic rings. The van der Waals surface area contributed by atoms with E-state index in [2.05, 4.69) is 15.3 Å². The molecule has 0 aliphatic heterocycles. The van der Waals surface area contributed by atoms with Crippen LogP contribution >= 0.6 is 11.3 Å². The van der Waals surface area contributed by atoms with Crippen molar-refractivity contribution < 1.29 is 9.53 Å². The Morgan fingerprint density at radius 1 is 1.32 bits per heavy atom. The van der Waals surface area contributed by atoms with E-state index in [1.807, 2.05) is 23.6 Å². The number of pyridine rings is 1. The Hall–Kier alpha value is -3.24. The third-order valence-corrected chi connectivity index (χ3v) is 4.11. The molecule has 25 heavy (non-hydrogen) atoms. The molecule has 1 atom stereocenters. The van der Waals surface area contributed by atoms with Gasteiger partial charge in [0.1, 0.15) is 5.75 Å². The average Bonchev–Trinajstić information content (AvgIpc) is 3.11. The van der Waals surface area contributed by atoms with Crippen LogP contribution in [0.3, 0.4) is 0 Å². The normalized spacial score (nSPS) is 11.4. The van der Waals surface area contributed by atoms with Crippen molar-refractivity contribution in [2.45, 2.75) is 13.0 Å². The minimum atomic E-state index is -0.696. The lowest BCUT2D eigenvalue weighted by atomic mass is 10.2. The minimum Gasteiger partial charge on any atom is -0.481 e. The first kappa shape index (κ1) is 16.6. The fourth-order valence-corrected chi connectivity index (χ4v) is 2.77. The van der Waals surface area contributed by atoms with Crippen molar-refractivity contribution in [2.24, 2.45) is 0 Å². The molecule has 124 valence electrons. The van der Waals surface area contributed by atoms with Gasteiger partial charge in [-0.3, -0.25) is 15.1 Å². The highest BCUT2D eigenvalue weighted by Gasteiger charge is 2.16. The molecule has 1 unspecified atom stereocenters. The molecule has 0 bridgehead atoms. The quantitative estimate of drug-likeness (QED) is 0.761. The topological polar surface area (TPSA) is 87.9 Å². The second-order valence-electron chi connectivity index (χ2n) is 5.17. The molecular formula is C18H14N4O2S. The monoisotopic (exact) mass is 350 g/mol. The highest BCUT2D eigenvalue weighted by molar-refractivity contribution is 7.14. The van der Waals surface area contributed by atoms with Crippen molar-refractivity contribution >= 4 is 22.4 Å². The van der Waals surface area contributed by atoms with E-state index in [0.717, 1.165) is 11.3 Å². The van der Waals surface area contributed by atoms with Crippen LogP contribution in [0.4, 0.5) is 5.13 Å². The van der Waals surface area contributed by atoms with Gasteiger partial charge in [-0.1, -0.05) is 0 Å². The van der Waals surface area contributed by atoms with E-state index in [9.17, 15) is 4.79 Å². The summed E-state index contributed by atoms with van der Waals surface area (Å²) in [5.74, 6) is 0.230. The Morgan fingerprint density at radius 2 is 2.12 bits per heavy atom. The van der Waals surface area contributed by atoms with Crippen LogP contribution in [0.25, 0.3) is 11.3 Å². The molecule has 0 spiro atoms. The van der Waals surface area contributed by atoms with Gasteiger partial charge in [0.25, 0.3) is 5.91 Å². The van der Waals surface area contributed by atoms with Gasteiger partial charge < -0.3 is 4.74 Å². The number of nitriles is 1. The first-order valence-electron chi connectivity index (χ1n) is 7.49. The Bertz CT molecular complexity index is 901. The van der Waals surface area contributed by atoms with Gasteiger partial charge >= 0.3 is 0 Å². The third-order valence-electron chi connectivity index (χ3n) is 3.36. The van der Waals surface area contributed by atoms with Crippen LogP contribution in [-0.2, 0) is 4.79 Å². The van der Waals surface area contributed by atoms with E-state index >= 15 is 0 Å². The summed E-state index contributed by atoms with van der Waals surface area (Å²) < 4.78 is 5.58. The average molecular weight is 350 g/mol. The molecule has 0 aliphatic rings. The molecule has 1 N–H and O–H groups in total. The minimum absolute atomic E-state index is 0.295. The Labute approximate surface area is 148 Å². The number of rotatable bonds is 5. The lowest BCUT2D eigenvalue weighted by Gasteiger charge is -2.13. The number of amides is 1. The van der Waals surface area contributed by atoms with Gasteiger partial charge in [0.15, 0.2) is 11.2 Å². The summed E-state index contributed by atoms with van der Waals surface area (Å²) in [4.78, 5) is 20.7. The first-order chi connectivity index (χ1) is 12.2. The highest BCUT2D eigenvalue weighted by atomic mass is 32.1. The summed E-state index contributed by atoms with van der Waals surface area (Å²) in [6.45, 7) is 1.66. The van der Waals surface area contributed by atoms with Crippen molar-refractivity contribution in [3.63, 3.8) is 0 Å². The van der Waals surface area contributed by atoms with Crippen molar-refractivity contribution in [2.75, 3.05) is 5.32 Å². The van der Waals surface area contributed by atoms with Crippen LogP contribution in [0.15, 0.2) is 54.2 Å². The van der Waals surface area contributed by atoms with E-state index in [1.165, 1.54) is 11.3 Å². The van der Waals surface area contributed by atoms with E-state index in [1.54, 1.807) is 43.6 Å². The van der Waals surface area contributed by atoms with Gasteiger partial charge in [0.2, 0.25) is 0 Å². The van der Waals surface area contributed by atoms with Crippen LogP contribution in [0.1, 0.15) is 12.5 Å². The van der Waals surface area contributed by atoms with E-state index < -0.39 is 6.10 Å². The lowest BCUT2D eigenvalue weighted by molar-refractivity contribution is -0.122. The molecule has 0 saturated heterocycles. The van der Waals surface area contributed by atoms with Gasteiger partial charge in [-0.05, 0) is 43.3 Å². The van der Waals surface area contributed by atoms with Crippen LogP contribution in [0.5, 0.6) is 5.75 Å². The largest absolute Gasteiger partial charge is 0.481 e. The maximum atomic E-state index is 12.3. The Balaban J connectivity index is 1.61. The van der Waals surface area contributed by atoms with E-state index in [4.69, 9.17) is 10.00 Å². The predicted octanol–water partition coefficient (Wildman–Crippen LogP) is 3.48. The zero-order valence-corrected chi connectivity index (χ0v) is 14.2. The van der Waals surface area contributed by atoms with Crippen molar-refractivity contribution in [3.8, 4) is 23.1 Å². The molecule has 2 heterocycles. The van der Waals surface area contributed by atoms with E-state index in [-0.39, 0.29) is 5.91 Å². The van der Waals surface area contributed by atoms with Crippen molar-refractivity contribution in [1.29, 1.82) is 5.26 Å². The summed E-state index contributed by atoms with van der Waals surface area (Å²) in [7, 11) is 0. The fraction of sp³-hybridized carbons (Fsp3) is 0.111. The van der Waals surface area contributed by atoms with Crippen LogP contribution < -0.4 is 10.1 Å². The molecule has 1 amide bonds.